The van der Waals surface area contributed by atoms with E-state index in [0.29, 0.717) is 25.0 Å². The largest absolute Gasteiger partial charge is 0.462 e. The van der Waals surface area contributed by atoms with E-state index in [9.17, 15) is 9.59 Å². The van der Waals surface area contributed by atoms with Crippen molar-refractivity contribution < 1.29 is 19.1 Å². The second-order valence-electron chi connectivity index (χ2n) is 7.77. The molecule has 0 unspecified atom stereocenters. The first-order chi connectivity index (χ1) is 12.7. The zero-order chi connectivity index (χ0) is 18.8. The monoisotopic (exact) mass is 364 g/mol. The SMILES string of the molecule is CCCOC(=O)C(C(=O)OCCC)=C(C1CCCCC1)C1CCCCC1. The predicted molar refractivity (Wildman–Crippen MR) is 103 cm³/mol. The molecule has 0 saturated heterocycles. The van der Waals surface area contributed by atoms with Gasteiger partial charge in [0.05, 0.1) is 13.2 Å². The number of carbonyl (C=O) groups excluding carboxylic acids is 2. The van der Waals surface area contributed by atoms with Crippen molar-refractivity contribution in [3.05, 3.63) is 11.1 Å². The Bertz CT molecular complexity index is 440. The van der Waals surface area contributed by atoms with E-state index in [4.69, 9.17) is 9.47 Å². The summed E-state index contributed by atoms with van der Waals surface area (Å²) < 4.78 is 10.8. The van der Waals surface area contributed by atoms with Crippen LogP contribution in [0.1, 0.15) is 90.9 Å². The minimum atomic E-state index is -0.459. The number of rotatable bonds is 8. The molecule has 2 saturated carbocycles. The van der Waals surface area contributed by atoms with E-state index in [2.05, 4.69) is 0 Å². The second-order valence-corrected chi connectivity index (χ2v) is 7.77. The quantitative estimate of drug-likeness (QED) is 0.252. The van der Waals surface area contributed by atoms with Gasteiger partial charge in [-0.05, 0) is 55.9 Å². The van der Waals surface area contributed by atoms with Crippen molar-refractivity contribution in [2.24, 2.45) is 11.8 Å². The van der Waals surface area contributed by atoms with Crippen LogP contribution < -0.4 is 0 Å². The molecular formula is C22H36O4. The van der Waals surface area contributed by atoms with Crippen LogP contribution >= 0.6 is 0 Å². The van der Waals surface area contributed by atoms with Crippen LogP contribution in [0.3, 0.4) is 0 Å². The van der Waals surface area contributed by atoms with Gasteiger partial charge in [0.15, 0.2) is 0 Å². The molecule has 0 atom stereocenters. The number of ether oxygens (including phenoxy) is 2. The molecule has 2 rings (SSSR count). The smallest absolute Gasteiger partial charge is 0.345 e. The van der Waals surface area contributed by atoms with E-state index in [1.54, 1.807) is 0 Å². The number of carbonyl (C=O) groups is 2. The standard InChI is InChI=1S/C22H36O4/c1-3-15-25-21(23)20(22(24)26-16-4-2)19(17-11-7-5-8-12-17)18-13-9-6-10-14-18/h17-18H,3-16H2,1-2H3. The summed E-state index contributed by atoms with van der Waals surface area (Å²) in [6.45, 7) is 4.64. The molecule has 0 bridgehead atoms. The van der Waals surface area contributed by atoms with E-state index >= 15 is 0 Å². The topological polar surface area (TPSA) is 52.6 Å². The van der Waals surface area contributed by atoms with Crippen molar-refractivity contribution in [3.63, 3.8) is 0 Å². The Kier molecular flexibility index (Phi) is 9.21. The van der Waals surface area contributed by atoms with Crippen molar-refractivity contribution in [3.8, 4) is 0 Å². The van der Waals surface area contributed by atoms with Gasteiger partial charge in [0.1, 0.15) is 5.57 Å². The highest BCUT2D eigenvalue weighted by Gasteiger charge is 2.35. The van der Waals surface area contributed by atoms with Gasteiger partial charge in [-0.1, -0.05) is 52.4 Å². The molecule has 0 aliphatic heterocycles. The van der Waals surface area contributed by atoms with Gasteiger partial charge in [-0.15, -0.1) is 0 Å². The summed E-state index contributed by atoms with van der Waals surface area (Å²) in [6, 6.07) is 0. The average Bonchev–Trinajstić information content (AvgIpc) is 2.69. The van der Waals surface area contributed by atoms with Crippen LogP contribution in [-0.4, -0.2) is 25.2 Å². The fourth-order valence-corrected chi connectivity index (χ4v) is 4.42. The number of hydrogen-bond acceptors (Lipinski definition) is 4. The molecule has 0 amide bonds. The Morgan fingerprint density at radius 2 is 1.08 bits per heavy atom. The number of allylic oxidation sites excluding steroid dienone is 1. The van der Waals surface area contributed by atoms with Crippen molar-refractivity contribution in [1.82, 2.24) is 0 Å². The van der Waals surface area contributed by atoms with Gasteiger partial charge in [-0.2, -0.15) is 0 Å². The lowest BCUT2D eigenvalue weighted by molar-refractivity contribution is -0.147. The van der Waals surface area contributed by atoms with E-state index in [0.717, 1.165) is 44.1 Å². The summed E-state index contributed by atoms with van der Waals surface area (Å²) in [5, 5.41) is 0. The zero-order valence-corrected chi connectivity index (χ0v) is 16.7. The average molecular weight is 365 g/mol. The van der Waals surface area contributed by atoms with Gasteiger partial charge >= 0.3 is 11.9 Å². The first-order valence-electron chi connectivity index (χ1n) is 10.8. The molecule has 2 fully saturated rings. The maximum Gasteiger partial charge on any atom is 0.345 e. The first-order valence-corrected chi connectivity index (χ1v) is 10.8. The van der Waals surface area contributed by atoms with Crippen LogP contribution in [0.5, 0.6) is 0 Å². The van der Waals surface area contributed by atoms with Crippen LogP contribution in [0, 0.1) is 11.8 Å². The van der Waals surface area contributed by atoms with E-state index < -0.39 is 11.9 Å². The maximum atomic E-state index is 12.9. The van der Waals surface area contributed by atoms with E-state index in [1.165, 1.54) is 38.5 Å². The summed E-state index contributed by atoms with van der Waals surface area (Å²) in [5.74, 6) is -0.242. The fraction of sp³-hybridized carbons (Fsp3) is 0.818. The van der Waals surface area contributed by atoms with Gasteiger partial charge in [0, 0.05) is 0 Å². The Hall–Kier alpha value is -1.32. The van der Waals surface area contributed by atoms with Gasteiger partial charge in [0.2, 0.25) is 0 Å². The second kappa shape index (κ2) is 11.4. The predicted octanol–water partition coefficient (Wildman–Crippen LogP) is 5.35. The van der Waals surface area contributed by atoms with Crippen molar-refractivity contribution in [2.75, 3.05) is 13.2 Å². The molecule has 2 aliphatic carbocycles. The molecule has 0 radical (unpaired) electrons. The highest BCUT2D eigenvalue weighted by molar-refractivity contribution is 6.14. The third-order valence-electron chi connectivity index (χ3n) is 5.66. The van der Waals surface area contributed by atoms with Crippen LogP contribution in [-0.2, 0) is 19.1 Å². The number of hydrogen-bond donors (Lipinski definition) is 0. The van der Waals surface area contributed by atoms with E-state index in [-0.39, 0.29) is 5.57 Å². The highest BCUT2D eigenvalue weighted by atomic mass is 16.6. The maximum absolute atomic E-state index is 12.9. The lowest BCUT2D eigenvalue weighted by Gasteiger charge is -2.33. The first kappa shape index (κ1) is 21.0. The number of esters is 2. The molecule has 0 aromatic heterocycles. The Morgan fingerprint density at radius 1 is 0.692 bits per heavy atom. The Labute approximate surface area is 158 Å². The molecule has 4 heteroatoms. The fourth-order valence-electron chi connectivity index (χ4n) is 4.42. The molecule has 0 N–H and O–H groups in total. The van der Waals surface area contributed by atoms with Crippen LogP contribution in [0.15, 0.2) is 11.1 Å². The zero-order valence-electron chi connectivity index (χ0n) is 16.7. The molecule has 0 aromatic carbocycles. The molecule has 0 heterocycles. The van der Waals surface area contributed by atoms with Crippen LogP contribution in [0.2, 0.25) is 0 Å². The third-order valence-corrected chi connectivity index (χ3v) is 5.66. The molecule has 0 aromatic rings. The summed E-state index contributed by atoms with van der Waals surface area (Å²) >= 11 is 0. The Balaban J connectivity index is 2.39. The van der Waals surface area contributed by atoms with Gasteiger partial charge in [0.25, 0.3) is 0 Å². The molecule has 26 heavy (non-hydrogen) atoms. The lowest BCUT2D eigenvalue weighted by atomic mass is 9.72. The molecular weight excluding hydrogens is 328 g/mol. The van der Waals surface area contributed by atoms with Gasteiger partial charge < -0.3 is 9.47 Å². The molecule has 4 nitrogen and oxygen atoms in total. The molecule has 148 valence electrons. The summed E-state index contributed by atoms with van der Waals surface area (Å²) in [5.41, 5.74) is 1.32. The van der Waals surface area contributed by atoms with Crippen molar-refractivity contribution >= 4 is 11.9 Å². The van der Waals surface area contributed by atoms with Crippen molar-refractivity contribution in [2.45, 2.75) is 90.9 Å². The van der Waals surface area contributed by atoms with E-state index in [1.807, 2.05) is 13.8 Å². The Morgan fingerprint density at radius 3 is 1.42 bits per heavy atom. The van der Waals surface area contributed by atoms with Crippen LogP contribution in [0.4, 0.5) is 0 Å². The highest BCUT2D eigenvalue weighted by Crippen LogP contribution is 2.41. The summed E-state index contributed by atoms with van der Waals surface area (Å²) in [7, 11) is 0. The normalized spacial score (nSPS) is 19.0. The van der Waals surface area contributed by atoms with Gasteiger partial charge in [-0.3, -0.25) is 0 Å². The minimum absolute atomic E-state index is 0.241. The van der Waals surface area contributed by atoms with Crippen molar-refractivity contribution in [1.29, 1.82) is 0 Å². The lowest BCUT2D eigenvalue weighted by Crippen LogP contribution is -2.28. The molecule has 0 spiro atoms. The van der Waals surface area contributed by atoms with Gasteiger partial charge in [-0.25, -0.2) is 9.59 Å². The van der Waals surface area contributed by atoms with Crippen LogP contribution in [0.25, 0.3) is 0 Å². The summed E-state index contributed by atoms with van der Waals surface area (Å²) in [6.07, 6.45) is 13.1. The summed E-state index contributed by atoms with van der Waals surface area (Å²) in [4.78, 5) is 25.7. The third kappa shape index (κ3) is 5.85. The molecule has 2 aliphatic rings. The minimum Gasteiger partial charge on any atom is -0.462 e.